The Labute approximate surface area is 138 Å². The fourth-order valence-corrected chi connectivity index (χ4v) is 2.99. The maximum Gasteiger partial charge on any atom is 0.223 e. The quantitative estimate of drug-likeness (QED) is 0.714. The number of carbonyl (C=O) groups excluding carboxylic acids is 1. The fourth-order valence-electron chi connectivity index (χ4n) is 2.99. The molecule has 0 unspecified atom stereocenters. The van der Waals surface area contributed by atoms with Crippen molar-refractivity contribution in [2.45, 2.75) is 70.3 Å². The number of amides is 1. The Bertz CT molecular complexity index is 458. The third-order valence-electron chi connectivity index (χ3n) is 4.15. The molecule has 0 radical (unpaired) electrons. The van der Waals surface area contributed by atoms with Gasteiger partial charge in [0.1, 0.15) is 5.54 Å². The van der Waals surface area contributed by atoms with E-state index in [4.69, 9.17) is 10.3 Å². The first kappa shape index (κ1) is 18.9. The van der Waals surface area contributed by atoms with Crippen LogP contribution in [0.1, 0.15) is 69.5 Å². The van der Waals surface area contributed by atoms with Crippen molar-refractivity contribution in [2.24, 2.45) is 5.73 Å². The Kier molecular flexibility index (Phi) is 7.82. The van der Waals surface area contributed by atoms with Gasteiger partial charge in [-0.1, -0.05) is 30.8 Å². The van der Waals surface area contributed by atoms with Gasteiger partial charge in [-0.25, -0.2) is 0 Å². The van der Waals surface area contributed by atoms with Gasteiger partial charge < -0.3 is 15.6 Å². The Hall–Kier alpha value is -1.14. The maximum absolute atomic E-state index is 12.2. The van der Waals surface area contributed by atoms with E-state index in [9.17, 15) is 4.79 Å². The summed E-state index contributed by atoms with van der Waals surface area (Å²) in [6, 6.07) is 0. The van der Waals surface area contributed by atoms with Crippen LogP contribution in [0.4, 0.5) is 0 Å². The zero-order chi connectivity index (χ0) is 15.1. The van der Waals surface area contributed by atoms with Crippen molar-refractivity contribution in [3.63, 3.8) is 0 Å². The number of rotatable bonds is 8. The Balaban J connectivity index is 0.00000242. The summed E-state index contributed by atoms with van der Waals surface area (Å²) in [7, 11) is 0. The van der Waals surface area contributed by atoms with Crippen LogP contribution in [0.2, 0.25) is 0 Å². The van der Waals surface area contributed by atoms with Crippen LogP contribution in [0.25, 0.3) is 0 Å². The summed E-state index contributed by atoms with van der Waals surface area (Å²) in [6.07, 6.45) is 8.62. The molecule has 1 aromatic heterocycles. The molecule has 1 saturated carbocycles. The summed E-state index contributed by atoms with van der Waals surface area (Å²) in [5.41, 5.74) is 5.05. The van der Waals surface area contributed by atoms with Gasteiger partial charge >= 0.3 is 0 Å². The van der Waals surface area contributed by atoms with Crippen LogP contribution in [0, 0.1) is 6.92 Å². The minimum absolute atomic E-state index is 0. The third kappa shape index (κ3) is 4.95. The Morgan fingerprint density at radius 1 is 1.27 bits per heavy atom. The second-order valence-corrected chi connectivity index (χ2v) is 5.93. The number of hydrogen-bond acceptors (Lipinski definition) is 5. The van der Waals surface area contributed by atoms with Crippen LogP contribution in [-0.4, -0.2) is 22.6 Å². The molecular formula is C15H27ClN4O2. The average molecular weight is 331 g/mol. The molecule has 3 N–H and O–H groups in total. The SMILES string of the molecule is Cc1nc(C2(NC(=O)CCCCCCN)CCCC2)no1.Cl. The van der Waals surface area contributed by atoms with Crippen molar-refractivity contribution < 1.29 is 9.32 Å². The highest BCUT2D eigenvalue weighted by Gasteiger charge is 2.40. The third-order valence-corrected chi connectivity index (χ3v) is 4.15. The number of aryl methyl sites for hydroxylation is 1. The van der Waals surface area contributed by atoms with Gasteiger partial charge in [-0.3, -0.25) is 4.79 Å². The molecule has 126 valence electrons. The van der Waals surface area contributed by atoms with E-state index in [0.29, 0.717) is 18.1 Å². The highest BCUT2D eigenvalue weighted by atomic mass is 35.5. The van der Waals surface area contributed by atoms with Crippen molar-refractivity contribution in [3.8, 4) is 0 Å². The van der Waals surface area contributed by atoms with Gasteiger partial charge in [0.05, 0.1) is 0 Å². The highest BCUT2D eigenvalue weighted by Crippen LogP contribution is 2.37. The molecule has 1 heterocycles. The summed E-state index contributed by atoms with van der Waals surface area (Å²) in [4.78, 5) is 16.5. The van der Waals surface area contributed by atoms with E-state index >= 15 is 0 Å². The normalized spacial score (nSPS) is 16.3. The van der Waals surface area contributed by atoms with Crippen molar-refractivity contribution in [3.05, 3.63) is 11.7 Å². The van der Waals surface area contributed by atoms with Crippen molar-refractivity contribution in [2.75, 3.05) is 6.54 Å². The first-order valence-electron chi connectivity index (χ1n) is 7.98. The fraction of sp³-hybridized carbons (Fsp3) is 0.800. The van der Waals surface area contributed by atoms with E-state index in [1.807, 2.05) is 0 Å². The lowest BCUT2D eigenvalue weighted by atomic mass is 9.96. The smallest absolute Gasteiger partial charge is 0.223 e. The molecule has 1 fully saturated rings. The highest BCUT2D eigenvalue weighted by molar-refractivity contribution is 5.85. The van der Waals surface area contributed by atoms with E-state index in [-0.39, 0.29) is 18.3 Å². The van der Waals surface area contributed by atoms with Gasteiger partial charge in [-0.2, -0.15) is 4.98 Å². The number of carbonyl (C=O) groups is 1. The monoisotopic (exact) mass is 330 g/mol. The molecule has 2 rings (SSSR count). The van der Waals surface area contributed by atoms with Gasteiger partial charge in [0.25, 0.3) is 0 Å². The second kappa shape index (κ2) is 9.10. The van der Waals surface area contributed by atoms with E-state index in [1.165, 1.54) is 0 Å². The van der Waals surface area contributed by atoms with Gasteiger partial charge in [-0.05, 0) is 32.2 Å². The van der Waals surface area contributed by atoms with Gasteiger partial charge in [0, 0.05) is 13.3 Å². The number of aromatic nitrogens is 2. The molecule has 0 saturated heterocycles. The molecule has 1 aliphatic rings. The molecule has 7 heteroatoms. The number of nitrogens with zero attached hydrogens (tertiary/aromatic N) is 2. The molecule has 0 aliphatic heterocycles. The second-order valence-electron chi connectivity index (χ2n) is 5.93. The molecule has 1 aliphatic carbocycles. The largest absolute Gasteiger partial charge is 0.343 e. The molecule has 22 heavy (non-hydrogen) atoms. The number of halogens is 1. The first-order chi connectivity index (χ1) is 10.2. The number of hydrogen-bond donors (Lipinski definition) is 2. The standard InChI is InChI=1S/C15H26N4O2.ClH/c1-12-17-14(19-21-12)15(9-5-6-10-15)18-13(20)8-4-2-3-7-11-16;/h2-11,16H2,1H3,(H,18,20);1H. The lowest BCUT2D eigenvalue weighted by Gasteiger charge is -2.26. The minimum atomic E-state index is -0.411. The summed E-state index contributed by atoms with van der Waals surface area (Å²) < 4.78 is 5.08. The van der Waals surface area contributed by atoms with Crippen LogP contribution in [0.15, 0.2) is 4.52 Å². The van der Waals surface area contributed by atoms with Crippen molar-refractivity contribution >= 4 is 18.3 Å². The average Bonchev–Trinajstić information content (AvgIpc) is 3.08. The number of unbranched alkanes of at least 4 members (excludes halogenated alkanes) is 3. The van der Waals surface area contributed by atoms with Crippen LogP contribution in [0.3, 0.4) is 0 Å². The van der Waals surface area contributed by atoms with Crippen LogP contribution >= 0.6 is 12.4 Å². The zero-order valence-electron chi connectivity index (χ0n) is 13.3. The van der Waals surface area contributed by atoms with E-state index in [1.54, 1.807) is 6.92 Å². The van der Waals surface area contributed by atoms with Gasteiger partial charge in [-0.15, -0.1) is 12.4 Å². The van der Waals surface area contributed by atoms with Crippen molar-refractivity contribution in [1.82, 2.24) is 15.5 Å². The molecule has 0 bridgehead atoms. The van der Waals surface area contributed by atoms with E-state index in [0.717, 1.165) is 57.9 Å². The summed E-state index contributed by atoms with van der Waals surface area (Å²) >= 11 is 0. The minimum Gasteiger partial charge on any atom is -0.343 e. The Morgan fingerprint density at radius 2 is 1.95 bits per heavy atom. The van der Waals surface area contributed by atoms with Crippen LogP contribution < -0.4 is 11.1 Å². The van der Waals surface area contributed by atoms with Crippen LogP contribution in [-0.2, 0) is 10.3 Å². The van der Waals surface area contributed by atoms with E-state index < -0.39 is 5.54 Å². The molecule has 0 spiro atoms. The lowest BCUT2D eigenvalue weighted by molar-refractivity contribution is -0.123. The topological polar surface area (TPSA) is 94.0 Å². The molecular weight excluding hydrogens is 304 g/mol. The van der Waals surface area contributed by atoms with E-state index in [2.05, 4.69) is 15.5 Å². The Morgan fingerprint density at radius 3 is 2.55 bits per heavy atom. The predicted octanol–water partition coefficient (Wildman–Crippen LogP) is 2.59. The van der Waals surface area contributed by atoms with Gasteiger partial charge in [0.2, 0.25) is 11.8 Å². The first-order valence-corrected chi connectivity index (χ1v) is 7.98. The molecule has 1 amide bonds. The predicted molar refractivity (Wildman–Crippen MR) is 86.7 cm³/mol. The number of nitrogens with one attached hydrogen (secondary N) is 1. The summed E-state index contributed by atoms with van der Waals surface area (Å²) in [6.45, 7) is 2.50. The molecule has 6 nitrogen and oxygen atoms in total. The lowest BCUT2D eigenvalue weighted by Crippen LogP contribution is -2.44. The molecule has 0 atom stereocenters. The molecule has 1 aromatic rings. The summed E-state index contributed by atoms with van der Waals surface area (Å²) in [5.74, 6) is 1.27. The van der Waals surface area contributed by atoms with Crippen LogP contribution in [0.5, 0.6) is 0 Å². The van der Waals surface area contributed by atoms with Crippen molar-refractivity contribution in [1.29, 1.82) is 0 Å². The number of nitrogens with two attached hydrogens (primary N) is 1. The maximum atomic E-state index is 12.2. The zero-order valence-corrected chi connectivity index (χ0v) is 14.1. The summed E-state index contributed by atoms with van der Waals surface area (Å²) in [5, 5.41) is 7.19. The van der Waals surface area contributed by atoms with Gasteiger partial charge in [0.15, 0.2) is 5.82 Å². The molecule has 0 aromatic carbocycles.